The number of halogens is 1. The highest BCUT2D eigenvalue weighted by molar-refractivity contribution is 9.10. The highest BCUT2D eigenvalue weighted by Gasteiger charge is 2.43. The van der Waals surface area contributed by atoms with E-state index in [1.165, 1.54) is 0 Å². The van der Waals surface area contributed by atoms with Gasteiger partial charge in [0, 0.05) is 23.4 Å². The van der Waals surface area contributed by atoms with Gasteiger partial charge in [-0.2, -0.15) is 0 Å². The van der Waals surface area contributed by atoms with Crippen LogP contribution < -0.4 is 10.6 Å². The maximum atomic E-state index is 6.14. The second-order valence-corrected chi connectivity index (χ2v) is 6.10. The lowest BCUT2D eigenvalue weighted by Gasteiger charge is -2.38. The largest absolute Gasteiger partial charge is 0.381 e. The van der Waals surface area contributed by atoms with Gasteiger partial charge in [0.15, 0.2) is 5.96 Å². The Morgan fingerprint density at radius 2 is 2.21 bits per heavy atom. The molecule has 2 N–H and O–H groups in total. The molecule has 0 saturated carbocycles. The molecule has 1 saturated heterocycles. The number of anilines is 1. The summed E-state index contributed by atoms with van der Waals surface area (Å²) in [5, 5.41) is 0. The first kappa shape index (κ1) is 12.9. The van der Waals surface area contributed by atoms with E-state index in [4.69, 9.17) is 10.5 Å². The molecule has 4 nitrogen and oxygen atoms in total. The van der Waals surface area contributed by atoms with E-state index in [0.29, 0.717) is 5.96 Å². The summed E-state index contributed by atoms with van der Waals surface area (Å²) in [5.41, 5.74) is 7.25. The third-order valence-electron chi connectivity index (χ3n) is 3.95. The van der Waals surface area contributed by atoms with Crippen LogP contribution in [0.15, 0.2) is 33.7 Å². The minimum absolute atomic E-state index is 0.00137. The first-order valence-electron chi connectivity index (χ1n) is 6.65. The van der Waals surface area contributed by atoms with Gasteiger partial charge in [0.05, 0.1) is 12.1 Å². The number of ether oxygens (including phenoxy) is 1. The molecule has 0 amide bonds. The van der Waals surface area contributed by atoms with Crippen LogP contribution in [0, 0.1) is 0 Å². The van der Waals surface area contributed by atoms with Gasteiger partial charge in [0.2, 0.25) is 0 Å². The second-order valence-electron chi connectivity index (χ2n) is 5.18. The Balaban J connectivity index is 1.97. The molecule has 3 rings (SSSR count). The van der Waals surface area contributed by atoms with Crippen molar-refractivity contribution in [3.63, 3.8) is 0 Å². The zero-order chi connectivity index (χ0) is 13.3. The quantitative estimate of drug-likeness (QED) is 0.864. The molecule has 0 aliphatic carbocycles. The van der Waals surface area contributed by atoms with Gasteiger partial charge in [-0.3, -0.25) is 4.99 Å². The summed E-state index contributed by atoms with van der Waals surface area (Å²) >= 11 is 3.52. The van der Waals surface area contributed by atoms with E-state index in [1.54, 1.807) is 0 Å². The number of benzene rings is 1. The Kier molecular flexibility index (Phi) is 3.50. The fraction of sp³-hybridized carbons (Fsp3) is 0.500. The van der Waals surface area contributed by atoms with Crippen molar-refractivity contribution in [2.75, 3.05) is 24.7 Å². The molecule has 1 fully saturated rings. The van der Waals surface area contributed by atoms with Gasteiger partial charge in [-0.25, -0.2) is 0 Å². The van der Waals surface area contributed by atoms with E-state index in [0.717, 1.165) is 49.2 Å². The average Bonchev–Trinajstić information content (AvgIpc) is 2.58. The number of hydrogen-bond donors (Lipinski definition) is 1. The summed E-state index contributed by atoms with van der Waals surface area (Å²) in [5.74, 6) is 0.625. The van der Waals surface area contributed by atoms with Gasteiger partial charge in [-0.1, -0.05) is 22.0 Å². The minimum Gasteiger partial charge on any atom is -0.381 e. The number of nitrogens with two attached hydrogens (primary N) is 1. The standard InChI is InChI=1S/C14H18BrN3O/c15-11-3-1-4-12(9-11)18-13(16)17-10-14(18)5-2-7-19-8-6-14/h1,3-4,9H,2,5-8,10H2,(H2,16,17). The zero-order valence-corrected chi connectivity index (χ0v) is 12.4. The van der Waals surface area contributed by atoms with E-state index in [2.05, 4.69) is 38.0 Å². The molecule has 1 unspecified atom stereocenters. The van der Waals surface area contributed by atoms with Crippen LogP contribution >= 0.6 is 15.9 Å². The van der Waals surface area contributed by atoms with Crippen molar-refractivity contribution in [3.8, 4) is 0 Å². The van der Waals surface area contributed by atoms with Crippen LogP contribution in [0.4, 0.5) is 5.69 Å². The lowest BCUT2D eigenvalue weighted by atomic mass is 9.89. The molecule has 0 bridgehead atoms. The summed E-state index contributed by atoms with van der Waals surface area (Å²) < 4.78 is 6.66. The Bertz CT molecular complexity index is 495. The summed E-state index contributed by atoms with van der Waals surface area (Å²) in [6.45, 7) is 2.40. The van der Waals surface area contributed by atoms with Gasteiger partial charge in [-0.15, -0.1) is 0 Å². The van der Waals surface area contributed by atoms with Gasteiger partial charge >= 0.3 is 0 Å². The van der Waals surface area contributed by atoms with Crippen LogP contribution in [-0.2, 0) is 4.74 Å². The maximum Gasteiger partial charge on any atom is 0.196 e. The Morgan fingerprint density at radius 1 is 1.32 bits per heavy atom. The van der Waals surface area contributed by atoms with Crippen LogP contribution in [0.3, 0.4) is 0 Å². The summed E-state index contributed by atoms with van der Waals surface area (Å²) in [6.07, 6.45) is 3.11. The van der Waals surface area contributed by atoms with Crippen LogP contribution in [0.1, 0.15) is 19.3 Å². The van der Waals surface area contributed by atoms with Crippen LogP contribution in [-0.4, -0.2) is 31.3 Å². The number of hydrogen-bond acceptors (Lipinski definition) is 4. The fourth-order valence-electron chi connectivity index (χ4n) is 3.01. The lowest BCUT2D eigenvalue weighted by Crippen LogP contribution is -2.52. The number of guanidine groups is 1. The van der Waals surface area contributed by atoms with Crippen molar-refractivity contribution in [1.29, 1.82) is 0 Å². The normalized spacial score (nSPS) is 27.4. The molecule has 102 valence electrons. The number of rotatable bonds is 1. The molecule has 0 aromatic heterocycles. The van der Waals surface area contributed by atoms with Crippen LogP contribution in [0.25, 0.3) is 0 Å². The van der Waals surface area contributed by atoms with Crippen molar-refractivity contribution in [2.45, 2.75) is 24.8 Å². The van der Waals surface area contributed by atoms with Crippen molar-refractivity contribution < 1.29 is 4.74 Å². The van der Waals surface area contributed by atoms with E-state index >= 15 is 0 Å². The first-order valence-corrected chi connectivity index (χ1v) is 7.44. The first-order chi connectivity index (χ1) is 9.21. The smallest absolute Gasteiger partial charge is 0.196 e. The molecule has 0 radical (unpaired) electrons. The lowest BCUT2D eigenvalue weighted by molar-refractivity contribution is 0.140. The van der Waals surface area contributed by atoms with E-state index in [1.807, 2.05) is 12.1 Å². The van der Waals surface area contributed by atoms with Gasteiger partial charge in [0.25, 0.3) is 0 Å². The average molecular weight is 324 g/mol. The van der Waals surface area contributed by atoms with Gasteiger partial charge in [-0.05, 0) is 37.5 Å². The molecular weight excluding hydrogens is 306 g/mol. The van der Waals surface area contributed by atoms with Crippen molar-refractivity contribution in [1.82, 2.24) is 0 Å². The topological polar surface area (TPSA) is 50.9 Å². The van der Waals surface area contributed by atoms with E-state index in [-0.39, 0.29) is 5.54 Å². The van der Waals surface area contributed by atoms with E-state index in [9.17, 15) is 0 Å². The number of nitrogens with zero attached hydrogens (tertiary/aromatic N) is 2. The highest BCUT2D eigenvalue weighted by atomic mass is 79.9. The fourth-order valence-corrected chi connectivity index (χ4v) is 3.40. The summed E-state index contributed by atoms with van der Waals surface area (Å²) in [4.78, 5) is 6.69. The molecule has 1 spiro atoms. The molecule has 1 aromatic rings. The predicted octanol–water partition coefficient (Wildman–Crippen LogP) is 2.52. The van der Waals surface area contributed by atoms with Crippen molar-refractivity contribution in [3.05, 3.63) is 28.7 Å². The van der Waals surface area contributed by atoms with Crippen LogP contribution in [0.5, 0.6) is 0 Å². The molecule has 2 heterocycles. The Hall–Kier alpha value is -1.07. The van der Waals surface area contributed by atoms with Gasteiger partial charge in [0.1, 0.15) is 0 Å². The van der Waals surface area contributed by atoms with Crippen molar-refractivity contribution in [2.24, 2.45) is 10.7 Å². The summed E-state index contributed by atoms with van der Waals surface area (Å²) in [6, 6.07) is 8.24. The predicted molar refractivity (Wildman–Crippen MR) is 80.5 cm³/mol. The monoisotopic (exact) mass is 323 g/mol. The maximum absolute atomic E-state index is 6.14. The highest BCUT2D eigenvalue weighted by Crippen LogP contribution is 2.37. The molecule has 1 aromatic carbocycles. The van der Waals surface area contributed by atoms with E-state index < -0.39 is 0 Å². The second kappa shape index (κ2) is 5.13. The molecule has 2 aliphatic heterocycles. The third-order valence-corrected chi connectivity index (χ3v) is 4.44. The molecule has 2 aliphatic rings. The summed E-state index contributed by atoms with van der Waals surface area (Å²) in [7, 11) is 0. The third kappa shape index (κ3) is 2.37. The molecule has 1 atom stereocenters. The SMILES string of the molecule is NC1=NCC2(CCCOCC2)N1c1cccc(Br)c1. The molecular formula is C14H18BrN3O. The van der Waals surface area contributed by atoms with Crippen molar-refractivity contribution >= 4 is 27.6 Å². The Labute approximate surface area is 121 Å². The Morgan fingerprint density at radius 3 is 3.05 bits per heavy atom. The van der Waals surface area contributed by atoms with Crippen LogP contribution in [0.2, 0.25) is 0 Å². The number of aliphatic imine (C=N–C) groups is 1. The minimum atomic E-state index is 0.00137. The zero-order valence-electron chi connectivity index (χ0n) is 10.8. The molecule has 5 heteroatoms. The molecule has 19 heavy (non-hydrogen) atoms. The van der Waals surface area contributed by atoms with Gasteiger partial charge < -0.3 is 15.4 Å².